The molecule has 0 aliphatic heterocycles. The Morgan fingerprint density at radius 2 is 1.40 bits per heavy atom. The van der Waals surface area contributed by atoms with Crippen molar-refractivity contribution in [3.8, 4) is 5.75 Å². The lowest BCUT2D eigenvalue weighted by molar-refractivity contribution is -0.142. The summed E-state index contributed by atoms with van der Waals surface area (Å²) in [4.78, 5) is 58.8. The Labute approximate surface area is 249 Å². The van der Waals surface area contributed by atoms with Gasteiger partial charge in [0.2, 0.25) is 17.7 Å². The molecule has 4 atom stereocenters. The van der Waals surface area contributed by atoms with Crippen LogP contribution in [0.5, 0.6) is 5.75 Å². The molecule has 13 heteroatoms. The highest BCUT2D eigenvalue weighted by Gasteiger charge is 2.31. The summed E-state index contributed by atoms with van der Waals surface area (Å²) in [6, 6.07) is 10.8. The topological polar surface area (TPSA) is 226 Å². The van der Waals surface area contributed by atoms with E-state index in [9.17, 15) is 29.4 Å². The van der Waals surface area contributed by atoms with Crippen LogP contribution >= 0.6 is 0 Å². The largest absolute Gasteiger partial charge is 0.508 e. The van der Waals surface area contributed by atoms with Crippen LogP contribution in [0, 0.1) is 0 Å². The molecule has 1 aromatic heterocycles. The van der Waals surface area contributed by atoms with Gasteiger partial charge in [0, 0.05) is 24.7 Å². The van der Waals surface area contributed by atoms with Gasteiger partial charge in [-0.25, -0.2) is 9.78 Å². The van der Waals surface area contributed by atoms with E-state index < -0.39 is 47.9 Å². The quantitative estimate of drug-likeness (QED) is 0.0995. The number of aromatic amines is 1. The van der Waals surface area contributed by atoms with E-state index in [0.29, 0.717) is 30.6 Å². The Morgan fingerprint density at radius 1 is 0.791 bits per heavy atom. The molecule has 0 saturated heterocycles. The predicted octanol–water partition coefficient (Wildman–Crippen LogP) is 0.139. The van der Waals surface area contributed by atoms with Crippen molar-refractivity contribution in [1.29, 1.82) is 0 Å². The van der Waals surface area contributed by atoms with Crippen LogP contribution < -0.4 is 27.4 Å². The monoisotopic (exact) mass is 593 g/mol. The van der Waals surface area contributed by atoms with Gasteiger partial charge in [-0.05, 0) is 55.5 Å². The molecule has 0 bridgehead atoms. The first-order valence-corrected chi connectivity index (χ1v) is 14.0. The van der Waals surface area contributed by atoms with Crippen molar-refractivity contribution in [3.05, 3.63) is 83.9 Å². The normalized spacial score (nSPS) is 13.7. The predicted molar refractivity (Wildman–Crippen MR) is 159 cm³/mol. The molecule has 0 fully saturated rings. The van der Waals surface area contributed by atoms with Crippen molar-refractivity contribution in [2.24, 2.45) is 11.5 Å². The Morgan fingerprint density at radius 3 is 2.00 bits per heavy atom. The first kappa shape index (κ1) is 32.8. The number of phenolic OH excluding ortho intramolecular Hbond substituents is 1. The van der Waals surface area contributed by atoms with E-state index in [1.54, 1.807) is 12.1 Å². The average Bonchev–Trinajstić information content (AvgIpc) is 3.50. The second kappa shape index (κ2) is 16.6. The summed E-state index contributed by atoms with van der Waals surface area (Å²) >= 11 is 0. The fraction of sp³-hybridized carbons (Fsp3) is 0.367. The number of carbonyl (C=O) groups is 4. The summed E-state index contributed by atoms with van der Waals surface area (Å²) < 4.78 is 0. The zero-order valence-corrected chi connectivity index (χ0v) is 23.7. The number of rotatable bonds is 17. The number of benzene rings is 2. The van der Waals surface area contributed by atoms with Crippen molar-refractivity contribution in [1.82, 2.24) is 25.9 Å². The van der Waals surface area contributed by atoms with Gasteiger partial charge in [0.15, 0.2) is 0 Å². The van der Waals surface area contributed by atoms with E-state index >= 15 is 0 Å². The number of hydrogen-bond acceptors (Lipinski definition) is 8. The van der Waals surface area contributed by atoms with Gasteiger partial charge >= 0.3 is 5.97 Å². The molecule has 10 N–H and O–H groups in total. The lowest BCUT2D eigenvalue weighted by Gasteiger charge is -2.25. The number of aromatic nitrogens is 2. The number of aromatic hydroxyl groups is 1. The first-order valence-electron chi connectivity index (χ1n) is 14.0. The molecule has 3 aromatic rings. The number of carboxylic acid groups (broad SMARTS) is 1. The van der Waals surface area contributed by atoms with Gasteiger partial charge in [-0.15, -0.1) is 0 Å². The lowest BCUT2D eigenvalue weighted by Crippen LogP contribution is -2.58. The van der Waals surface area contributed by atoms with E-state index in [4.69, 9.17) is 11.5 Å². The zero-order valence-electron chi connectivity index (χ0n) is 23.7. The molecular weight excluding hydrogens is 554 g/mol. The third-order valence-electron chi connectivity index (χ3n) is 6.82. The number of nitrogens with one attached hydrogen (secondary N) is 4. The maximum absolute atomic E-state index is 13.6. The number of unbranched alkanes of at least 4 members (excludes halogenated alkanes) is 1. The maximum Gasteiger partial charge on any atom is 0.326 e. The Kier molecular flexibility index (Phi) is 12.7. The molecule has 2 aromatic carbocycles. The second-order valence-electron chi connectivity index (χ2n) is 10.3. The molecular formula is C30H39N7O6. The van der Waals surface area contributed by atoms with Crippen LogP contribution in [0.4, 0.5) is 0 Å². The number of nitrogens with two attached hydrogens (primary N) is 2. The fourth-order valence-corrected chi connectivity index (χ4v) is 4.44. The van der Waals surface area contributed by atoms with Gasteiger partial charge in [0.1, 0.15) is 23.9 Å². The highest BCUT2D eigenvalue weighted by Crippen LogP contribution is 2.13. The van der Waals surface area contributed by atoms with Crippen LogP contribution in [-0.2, 0) is 38.4 Å². The van der Waals surface area contributed by atoms with E-state index in [0.717, 1.165) is 5.56 Å². The van der Waals surface area contributed by atoms with Crippen molar-refractivity contribution in [3.63, 3.8) is 0 Å². The number of H-pyrrole nitrogens is 1. The molecule has 3 amide bonds. The summed E-state index contributed by atoms with van der Waals surface area (Å²) in [5, 5.41) is 27.2. The fourth-order valence-electron chi connectivity index (χ4n) is 4.44. The highest BCUT2D eigenvalue weighted by molar-refractivity contribution is 5.94. The van der Waals surface area contributed by atoms with E-state index in [1.807, 2.05) is 30.3 Å². The summed E-state index contributed by atoms with van der Waals surface area (Å²) in [5.74, 6) is -3.14. The third-order valence-corrected chi connectivity index (χ3v) is 6.82. The van der Waals surface area contributed by atoms with Gasteiger partial charge in [-0.3, -0.25) is 14.4 Å². The third kappa shape index (κ3) is 10.9. The van der Waals surface area contributed by atoms with Gasteiger partial charge < -0.3 is 42.6 Å². The van der Waals surface area contributed by atoms with Gasteiger partial charge in [0.25, 0.3) is 0 Å². The molecule has 1 heterocycles. The van der Waals surface area contributed by atoms with Crippen LogP contribution in [0.1, 0.15) is 36.1 Å². The van der Waals surface area contributed by atoms with E-state index in [2.05, 4.69) is 25.9 Å². The van der Waals surface area contributed by atoms with Crippen LogP contribution in [0.2, 0.25) is 0 Å². The number of carbonyl (C=O) groups excluding carboxylic acids is 3. The minimum Gasteiger partial charge on any atom is -0.508 e. The van der Waals surface area contributed by atoms with E-state index in [-0.39, 0.29) is 31.4 Å². The van der Waals surface area contributed by atoms with Crippen LogP contribution in [0.25, 0.3) is 0 Å². The molecule has 0 aliphatic carbocycles. The number of amides is 3. The molecule has 0 spiro atoms. The Hall–Kier alpha value is -4.75. The summed E-state index contributed by atoms with van der Waals surface area (Å²) in [6.45, 7) is 0.387. The molecule has 0 radical (unpaired) electrons. The van der Waals surface area contributed by atoms with Crippen molar-refractivity contribution >= 4 is 23.7 Å². The molecule has 13 nitrogen and oxygen atoms in total. The minimum absolute atomic E-state index is 0.00869. The number of aliphatic carboxylic acids is 1. The number of carboxylic acids is 1. The average molecular weight is 594 g/mol. The Balaban J connectivity index is 1.79. The van der Waals surface area contributed by atoms with Gasteiger partial charge in [0.05, 0.1) is 12.4 Å². The number of hydrogen-bond donors (Lipinski definition) is 8. The molecule has 4 unspecified atom stereocenters. The lowest BCUT2D eigenvalue weighted by atomic mass is 10.0. The molecule has 0 saturated carbocycles. The number of imidazole rings is 1. The number of phenols is 1. The molecule has 43 heavy (non-hydrogen) atoms. The van der Waals surface area contributed by atoms with Crippen LogP contribution in [0.15, 0.2) is 67.1 Å². The maximum atomic E-state index is 13.6. The smallest absolute Gasteiger partial charge is 0.326 e. The first-order chi connectivity index (χ1) is 20.7. The second-order valence-corrected chi connectivity index (χ2v) is 10.3. The zero-order chi connectivity index (χ0) is 31.2. The van der Waals surface area contributed by atoms with Crippen LogP contribution in [-0.4, -0.2) is 74.6 Å². The van der Waals surface area contributed by atoms with Gasteiger partial charge in [-0.1, -0.05) is 42.5 Å². The molecule has 3 rings (SSSR count). The minimum atomic E-state index is -1.21. The van der Waals surface area contributed by atoms with Gasteiger partial charge in [-0.2, -0.15) is 0 Å². The van der Waals surface area contributed by atoms with Crippen molar-refractivity contribution < 1.29 is 29.4 Å². The SMILES string of the molecule is NCCCCC(NC(=O)C(Cc1ccc(O)cc1)NC(=O)C(Cc1cnc[nH]1)NC(=O)C(N)Cc1ccccc1)C(=O)O. The van der Waals surface area contributed by atoms with Crippen molar-refractivity contribution in [2.75, 3.05) is 6.54 Å². The summed E-state index contributed by atoms with van der Waals surface area (Å²) in [7, 11) is 0. The van der Waals surface area contributed by atoms with E-state index in [1.165, 1.54) is 24.7 Å². The molecule has 0 aliphatic rings. The summed E-state index contributed by atoms with van der Waals surface area (Å²) in [5.41, 5.74) is 13.7. The highest BCUT2D eigenvalue weighted by atomic mass is 16.4. The molecule has 230 valence electrons. The number of nitrogens with zero attached hydrogens (tertiary/aromatic N) is 1. The van der Waals surface area contributed by atoms with Crippen molar-refractivity contribution in [2.45, 2.75) is 62.7 Å². The summed E-state index contributed by atoms with van der Waals surface area (Å²) in [6.07, 6.45) is 4.46. The Bertz CT molecular complexity index is 1320. The standard InChI is InChI=1S/C30H39N7O6/c31-13-5-4-8-24(30(42)43)35-28(40)25(15-20-9-11-22(38)12-10-20)37-29(41)26(16-21-17-33-18-34-21)36-27(39)23(32)14-19-6-2-1-3-7-19/h1-3,6-7,9-12,17-18,23-26,38H,4-5,8,13-16,31-32H2,(H,33,34)(H,35,40)(H,36,39)(H,37,41)(H,42,43). The van der Waals surface area contributed by atoms with Crippen LogP contribution in [0.3, 0.4) is 0 Å².